The van der Waals surface area contributed by atoms with Gasteiger partial charge in [-0.1, -0.05) is 0 Å². The molecule has 0 radical (unpaired) electrons. The Morgan fingerprint density at radius 1 is 1.61 bits per heavy atom. The quantitative estimate of drug-likeness (QED) is 0.422. The van der Waals surface area contributed by atoms with Crippen molar-refractivity contribution >= 4 is 11.6 Å². The lowest BCUT2D eigenvalue weighted by atomic mass is 10.1. The summed E-state index contributed by atoms with van der Waals surface area (Å²) in [7, 11) is 0. The largest absolute Gasteiger partial charge is 0.368 e. The lowest BCUT2D eigenvalue weighted by Gasteiger charge is -2.08. The molecule has 1 rings (SSSR count). The Morgan fingerprint density at radius 2 is 2.28 bits per heavy atom. The van der Waals surface area contributed by atoms with Gasteiger partial charge in [0, 0.05) is 17.3 Å². The molecule has 1 aromatic heterocycles. The smallest absolute Gasteiger partial charge is 0.278 e. The van der Waals surface area contributed by atoms with Crippen LogP contribution in [-0.4, -0.2) is 22.4 Å². The van der Waals surface area contributed by atoms with E-state index in [-0.39, 0.29) is 18.8 Å². The van der Waals surface area contributed by atoms with Gasteiger partial charge >= 0.3 is 0 Å². The van der Waals surface area contributed by atoms with Gasteiger partial charge in [0.15, 0.2) is 0 Å². The highest BCUT2D eigenvalue weighted by atomic mass is 16.6. The topological polar surface area (TPSA) is 120 Å². The van der Waals surface area contributed by atoms with Crippen LogP contribution in [0.2, 0.25) is 0 Å². The molecule has 0 atom stereocenters. The van der Waals surface area contributed by atoms with Gasteiger partial charge in [-0.2, -0.15) is 5.48 Å². The highest BCUT2D eigenvalue weighted by Gasteiger charge is 2.18. The van der Waals surface area contributed by atoms with Gasteiger partial charge in [-0.15, -0.1) is 0 Å². The molecule has 8 nitrogen and oxygen atoms in total. The predicted molar refractivity (Wildman–Crippen MR) is 62.4 cm³/mol. The van der Waals surface area contributed by atoms with Gasteiger partial charge in [0.1, 0.15) is 6.61 Å². The molecule has 0 bridgehead atoms. The maximum Gasteiger partial charge on any atom is 0.278 e. The molecule has 0 aliphatic heterocycles. The number of amides is 1. The van der Waals surface area contributed by atoms with E-state index in [2.05, 4.69) is 10.5 Å². The van der Waals surface area contributed by atoms with E-state index in [0.717, 1.165) is 0 Å². The van der Waals surface area contributed by atoms with Gasteiger partial charge in [-0.3, -0.25) is 24.7 Å². The molecule has 0 unspecified atom stereocenters. The van der Waals surface area contributed by atoms with Crippen LogP contribution in [0.5, 0.6) is 0 Å². The molecule has 0 spiro atoms. The van der Waals surface area contributed by atoms with E-state index in [0.29, 0.717) is 16.8 Å². The summed E-state index contributed by atoms with van der Waals surface area (Å²) in [4.78, 5) is 29.7. The summed E-state index contributed by atoms with van der Waals surface area (Å²) < 4.78 is 0. The Balaban J connectivity index is 2.75. The Hall–Kier alpha value is -2.06. The fourth-order valence-corrected chi connectivity index (χ4v) is 1.47. The molecule has 0 saturated heterocycles. The fraction of sp³-hybridized carbons (Fsp3) is 0.400. The second kappa shape index (κ2) is 6.03. The van der Waals surface area contributed by atoms with Crippen molar-refractivity contribution in [2.24, 2.45) is 5.73 Å². The zero-order valence-corrected chi connectivity index (χ0v) is 10.1. The summed E-state index contributed by atoms with van der Waals surface area (Å²) in [6, 6.07) is 0. The SMILES string of the molecule is Cc1cnc(CNOCC(N)=O)c(C)c1[N+](=O)[O-]. The number of carbonyl (C=O) groups excluding carboxylic acids is 1. The van der Waals surface area contributed by atoms with Gasteiger partial charge in [-0.25, -0.2) is 0 Å². The van der Waals surface area contributed by atoms with Crippen molar-refractivity contribution < 1.29 is 14.6 Å². The maximum absolute atomic E-state index is 10.9. The minimum atomic E-state index is -0.609. The van der Waals surface area contributed by atoms with E-state index < -0.39 is 10.8 Å². The lowest BCUT2D eigenvalue weighted by molar-refractivity contribution is -0.386. The van der Waals surface area contributed by atoms with Crippen LogP contribution in [0.1, 0.15) is 16.8 Å². The van der Waals surface area contributed by atoms with Crippen LogP contribution in [0, 0.1) is 24.0 Å². The van der Waals surface area contributed by atoms with Gasteiger partial charge in [0.2, 0.25) is 5.91 Å². The first-order chi connectivity index (χ1) is 8.43. The molecular formula is C10H14N4O4. The molecule has 1 heterocycles. The van der Waals surface area contributed by atoms with Crippen molar-refractivity contribution in [1.82, 2.24) is 10.5 Å². The number of carbonyl (C=O) groups is 1. The first-order valence-electron chi connectivity index (χ1n) is 5.16. The maximum atomic E-state index is 10.9. The third-order valence-corrected chi connectivity index (χ3v) is 2.31. The van der Waals surface area contributed by atoms with Gasteiger partial charge in [0.05, 0.1) is 17.2 Å². The van der Waals surface area contributed by atoms with Crippen LogP contribution >= 0.6 is 0 Å². The van der Waals surface area contributed by atoms with Crippen LogP contribution < -0.4 is 11.2 Å². The molecule has 18 heavy (non-hydrogen) atoms. The summed E-state index contributed by atoms with van der Waals surface area (Å²) in [5.74, 6) is -0.609. The second-order valence-corrected chi connectivity index (χ2v) is 3.69. The molecule has 0 aromatic carbocycles. The molecule has 1 amide bonds. The molecule has 8 heteroatoms. The predicted octanol–water partition coefficient (Wildman–Crippen LogP) is 0.113. The Labute approximate surface area is 103 Å². The summed E-state index contributed by atoms with van der Waals surface area (Å²) in [5, 5.41) is 10.9. The third kappa shape index (κ3) is 3.47. The Morgan fingerprint density at radius 3 is 2.83 bits per heavy atom. The summed E-state index contributed by atoms with van der Waals surface area (Å²) >= 11 is 0. The number of hydrogen-bond donors (Lipinski definition) is 2. The number of rotatable bonds is 6. The molecule has 3 N–H and O–H groups in total. The molecule has 0 saturated carbocycles. The molecule has 98 valence electrons. The van der Waals surface area contributed by atoms with E-state index in [1.165, 1.54) is 6.20 Å². The van der Waals surface area contributed by atoms with Gasteiger partial charge in [-0.05, 0) is 13.8 Å². The number of aromatic nitrogens is 1. The average molecular weight is 254 g/mol. The van der Waals surface area contributed by atoms with Crippen molar-refractivity contribution in [2.75, 3.05) is 6.61 Å². The number of nitrogens with two attached hydrogens (primary N) is 1. The zero-order valence-electron chi connectivity index (χ0n) is 10.1. The zero-order chi connectivity index (χ0) is 13.7. The number of hydrogen-bond acceptors (Lipinski definition) is 6. The minimum Gasteiger partial charge on any atom is -0.368 e. The van der Waals surface area contributed by atoms with E-state index >= 15 is 0 Å². The van der Waals surface area contributed by atoms with Crippen molar-refractivity contribution in [3.05, 3.63) is 33.1 Å². The number of hydroxylamine groups is 1. The number of nitrogens with one attached hydrogen (secondary N) is 1. The van der Waals surface area contributed by atoms with Crippen LogP contribution in [0.15, 0.2) is 6.20 Å². The monoisotopic (exact) mass is 254 g/mol. The van der Waals surface area contributed by atoms with Crippen molar-refractivity contribution in [3.63, 3.8) is 0 Å². The van der Waals surface area contributed by atoms with Crippen LogP contribution in [0.4, 0.5) is 5.69 Å². The highest BCUT2D eigenvalue weighted by molar-refractivity contribution is 5.74. The molecular weight excluding hydrogens is 240 g/mol. The normalized spacial score (nSPS) is 10.3. The van der Waals surface area contributed by atoms with Crippen LogP contribution in [0.3, 0.4) is 0 Å². The van der Waals surface area contributed by atoms with Crippen LogP contribution in [0.25, 0.3) is 0 Å². The molecule has 0 aliphatic rings. The fourth-order valence-electron chi connectivity index (χ4n) is 1.47. The Bertz CT molecular complexity index is 475. The van der Waals surface area contributed by atoms with E-state index in [9.17, 15) is 14.9 Å². The van der Waals surface area contributed by atoms with Crippen LogP contribution in [-0.2, 0) is 16.2 Å². The Kier molecular flexibility index (Phi) is 4.69. The highest BCUT2D eigenvalue weighted by Crippen LogP contribution is 2.23. The van der Waals surface area contributed by atoms with Gasteiger partial charge in [0.25, 0.3) is 5.69 Å². The molecule has 0 aliphatic carbocycles. The number of aryl methyl sites for hydroxylation is 1. The number of nitro groups is 1. The summed E-state index contributed by atoms with van der Waals surface area (Å²) in [6.45, 7) is 3.12. The van der Waals surface area contributed by atoms with E-state index in [1.807, 2.05) is 0 Å². The second-order valence-electron chi connectivity index (χ2n) is 3.69. The molecule has 0 fully saturated rings. The average Bonchev–Trinajstić information content (AvgIpc) is 2.26. The van der Waals surface area contributed by atoms with E-state index in [1.54, 1.807) is 13.8 Å². The minimum absolute atomic E-state index is 0.0386. The van der Waals surface area contributed by atoms with Gasteiger partial charge < -0.3 is 5.73 Å². The first kappa shape index (κ1) is 14.0. The first-order valence-corrected chi connectivity index (χ1v) is 5.16. The molecule has 1 aromatic rings. The number of primary amides is 1. The van der Waals surface area contributed by atoms with E-state index in [4.69, 9.17) is 10.6 Å². The third-order valence-electron chi connectivity index (χ3n) is 2.31. The van der Waals surface area contributed by atoms with Crippen molar-refractivity contribution in [3.8, 4) is 0 Å². The lowest BCUT2D eigenvalue weighted by Crippen LogP contribution is -2.25. The number of nitrogens with zero attached hydrogens (tertiary/aromatic N) is 2. The number of pyridine rings is 1. The summed E-state index contributed by atoms with van der Waals surface area (Å²) in [6.07, 6.45) is 1.43. The summed E-state index contributed by atoms with van der Waals surface area (Å²) in [5.41, 5.74) is 8.84. The standard InChI is InChI=1S/C10H14N4O4/c1-6-3-12-8(4-13-18-5-9(11)15)7(2)10(6)14(16)17/h3,13H,4-5H2,1-2H3,(H2,11,15). The van der Waals surface area contributed by atoms with Crippen molar-refractivity contribution in [1.29, 1.82) is 0 Å². The van der Waals surface area contributed by atoms with Crippen molar-refractivity contribution in [2.45, 2.75) is 20.4 Å².